The molecule has 0 aliphatic heterocycles. The summed E-state index contributed by atoms with van der Waals surface area (Å²) in [6.07, 6.45) is 2.41. The Morgan fingerprint density at radius 1 is 1.24 bits per heavy atom. The van der Waals surface area contributed by atoms with Gasteiger partial charge in [-0.05, 0) is 24.6 Å². The predicted octanol–water partition coefficient (Wildman–Crippen LogP) is 2.50. The topological polar surface area (TPSA) is 77.1 Å². The first-order valence-corrected chi connectivity index (χ1v) is 6.94. The molecule has 6 heteroatoms. The van der Waals surface area contributed by atoms with Crippen LogP contribution in [0.4, 0.5) is 11.4 Å². The van der Waals surface area contributed by atoms with Crippen molar-refractivity contribution in [2.45, 2.75) is 19.4 Å². The largest absolute Gasteiger partial charge is 0.397 e. The Labute approximate surface area is 127 Å². The number of benzene rings is 1. The number of aromatic nitrogens is 1. The van der Waals surface area contributed by atoms with Crippen LogP contribution in [0.2, 0.25) is 5.02 Å². The maximum absolute atomic E-state index is 11.8. The quantitative estimate of drug-likeness (QED) is 0.833. The SMILES string of the molecule is Nc1ccccc1NC(=O)CCCn1cc(Cl)ccc1=O. The van der Waals surface area contributed by atoms with Crippen molar-refractivity contribution in [1.29, 1.82) is 0 Å². The highest BCUT2D eigenvalue weighted by Crippen LogP contribution is 2.17. The van der Waals surface area contributed by atoms with Gasteiger partial charge in [-0.1, -0.05) is 23.7 Å². The van der Waals surface area contributed by atoms with Crippen molar-refractivity contribution in [2.24, 2.45) is 0 Å². The van der Waals surface area contributed by atoms with Gasteiger partial charge >= 0.3 is 0 Å². The fourth-order valence-electron chi connectivity index (χ4n) is 1.91. The number of para-hydroxylation sites is 2. The summed E-state index contributed by atoms with van der Waals surface area (Å²) in [5, 5.41) is 3.24. The molecule has 21 heavy (non-hydrogen) atoms. The third kappa shape index (κ3) is 4.36. The Hall–Kier alpha value is -2.27. The van der Waals surface area contributed by atoms with Gasteiger partial charge in [0.1, 0.15) is 0 Å². The first kappa shape index (κ1) is 15.1. The molecule has 0 radical (unpaired) electrons. The van der Waals surface area contributed by atoms with Crippen molar-refractivity contribution >= 4 is 28.9 Å². The molecule has 2 aromatic rings. The zero-order valence-electron chi connectivity index (χ0n) is 11.4. The average Bonchev–Trinajstić information content (AvgIpc) is 2.45. The summed E-state index contributed by atoms with van der Waals surface area (Å²) in [5.74, 6) is -0.136. The van der Waals surface area contributed by atoms with E-state index in [9.17, 15) is 9.59 Å². The average molecular weight is 306 g/mol. The Balaban J connectivity index is 1.86. The van der Waals surface area contributed by atoms with E-state index in [4.69, 9.17) is 17.3 Å². The Morgan fingerprint density at radius 2 is 2.00 bits per heavy atom. The van der Waals surface area contributed by atoms with Gasteiger partial charge < -0.3 is 15.6 Å². The van der Waals surface area contributed by atoms with Gasteiger partial charge in [-0.3, -0.25) is 9.59 Å². The smallest absolute Gasteiger partial charge is 0.250 e. The number of aryl methyl sites for hydroxylation is 1. The van der Waals surface area contributed by atoms with Gasteiger partial charge in [0.05, 0.1) is 16.4 Å². The van der Waals surface area contributed by atoms with E-state index in [1.54, 1.807) is 36.5 Å². The molecule has 1 aromatic carbocycles. The second-order valence-electron chi connectivity index (χ2n) is 4.62. The van der Waals surface area contributed by atoms with Crippen molar-refractivity contribution in [3.05, 3.63) is 58.0 Å². The molecule has 1 amide bonds. The van der Waals surface area contributed by atoms with E-state index in [1.165, 1.54) is 10.6 Å². The minimum absolute atomic E-state index is 0.132. The van der Waals surface area contributed by atoms with Gasteiger partial charge in [0.15, 0.2) is 0 Å². The van der Waals surface area contributed by atoms with Gasteiger partial charge in [0.2, 0.25) is 5.91 Å². The summed E-state index contributed by atoms with van der Waals surface area (Å²) < 4.78 is 1.49. The molecule has 0 saturated heterocycles. The molecule has 110 valence electrons. The Bertz CT molecular complexity index is 697. The number of nitrogens with zero attached hydrogens (tertiary/aromatic N) is 1. The van der Waals surface area contributed by atoms with Crippen LogP contribution < -0.4 is 16.6 Å². The molecule has 2 rings (SSSR count). The van der Waals surface area contributed by atoms with E-state index in [0.29, 0.717) is 35.8 Å². The number of carbonyl (C=O) groups excluding carboxylic acids is 1. The van der Waals surface area contributed by atoms with Crippen molar-refractivity contribution in [3.63, 3.8) is 0 Å². The van der Waals surface area contributed by atoms with Gasteiger partial charge in [-0.2, -0.15) is 0 Å². The number of halogens is 1. The number of carbonyl (C=O) groups is 1. The summed E-state index contributed by atoms with van der Waals surface area (Å²) in [6, 6.07) is 10.0. The lowest BCUT2D eigenvalue weighted by Gasteiger charge is -2.08. The predicted molar refractivity (Wildman–Crippen MR) is 84.4 cm³/mol. The maximum atomic E-state index is 11.8. The third-order valence-electron chi connectivity index (χ3n) is 2.99. The van der Waals surface area contributed by atoms with Gasteiger partial charge in [0.25, 0.3) is 5.56 Å². The fraction of sp³-hybridized carbons (Fsp3) is 0.200. The maximum Gasteiger partial charge on any atom is 0.250 e. The number of rotatable bonds is 5. The van der Waals surface area contributed by atoms with Gasteiger partial charge in [-0.15, -0.1) is 0 Å². The van der Waals surface area contributed by atoms with E-state index in [2.05, 4.69) is 5.32 Å². The van der Waals surface area contributed by atoms with Crippen LogP contribution >= 0.6 is 11.6 Å². The molecule has 3 N–H and O–H groups in total. The molecule has 0 saturated carbocycles. The summed E-state index contributed by atoms with van der Waals surface area (Å²) >= 11 is 5.83. The molecule has 0 aliphatic rings. The fourth-order valence-corrected chi connectivity index (χ4v) is 2.09. The summed E-state index contributed by atoms with van der Waals surface area (Å²) in [6.45, 7) is 0.442. The first-order chi connectivity index (χ1) is 10.1. The van der Waals surface area contributed by atoms with Crippen LogP contribution in [0.3, 0.4) is 0 Å². The molecular weight excluding hydrogens is 290 g/mol. The second-order valence-corrected chi connectivity index (χ2v) is 5.05. The molecule has 0 aliphatic carbocycles. The molecular formula is C15H16ClN3O2. The van der Waals surface area contributed by atoms with Crippen LogP contribution in [0.1, 0.15) is 12.8 Å². The highest BCUT2D eigenvalue weighted by molar-refractivity contribution is 6.30. The number of hydrogen-bond acceptors (Lipinski definition) is 3. The zero-order chi connectivity index (χ0) is 15.2. The summed E-state index contributed by atoms with van der Waals surface area (Å²) in [4.78, 5) is 23.4. The van der Waals surface area contributed by atoms with Crippen LogP contribution in [-0.2, 0) is 11.3 Å². The molecule has 1 aromatic heterocycles. The Morgan fingerprint density at radius 3 is 2.76 bits per heavy atom. The van der Waals surface area contributed by atoms with E-state index in [0.717, 1.165) is 0 Å². The molecule has 0 fully saturated rings. The number of anilines is 2. The minimum Gasteiger partial charge on any atom is -0.397 e. The van der Waals surface area contributed by atoms with E-state index < -0.39 is 0 Å². The lowest BCUT2D eigenvalue weighted by Crippen LogP contribution is -2.19. The highest BCUT2D eigenvalue weighted by atomic mass is 35.5. The second kappa shape index (κ2) is 6.95. The first-order valence-electron chi connectivity index (χ1n) is 6.56. The number of nitrogens with two attached hydrogens (primary N) is 1. The number of nitrogens with one attached hydrogen (secondary N) is 1. The van der Waals surface area contributed by atoms with Gasteiger partial charge in [-0.25, -0.2) is 0 Å². The molecule has 5 nitrogen and oxygen atoms in total. The van der Waals surface area contributed by atoms with Crippen LogP contribution in [0, 0.1) is 0 Å². The highest BCUT2D eigenvalue weighted by Gasteiger charge is 2.05. The van der Waals surface area contributed by atoms with E-state index in [-0.39, 0.29) is 11.5 Å². The number of nitrogen functional groups attached to an aromatic ring is 1. The van der Waals surface area contributed by atoms with Crippen LogP contribution in [-0.4, -0.2) is 10.5 Å². The summed E-state index contributed by atoms with van der Waals surface area (Å²) in [5.41, 5.74) is 6.74. The standard InChI is InChI=1S/C15H16ClN3O2/c16-11-7-8-15(21)19(10-11)9-3-6-14(20)18-13-5-2-1-4-12(13)17/h1-2,4-5,7-8,10H,3,6,9,17H2,(H,18,20). The molecule has 0 unspecified atom stereocenters. The number of hydrogen-bond donors (Lipinski definition) is 2. The van der Waals surface area contributed by atoms with E-state index in [1.807, 2.05) is 0 Å². The van der Waals surface area contributed by atoms with Crippen molar-refractivity contribution in [3.8, 4) is 0 Å². The van der Waals surface area contributed by atoms with Crippen molar-refractivity contribution < 1.29 is 4.79 Å². The number of amides is 1. The van der Waals surface area contributed by atoms with Crippen LogP contribution in [0.5, 0.6) is 0 Å². The normalized spacial score (nSPS) is 10.3. The van der Waals surface area contributed by atoms with Crippen molar-refractivity contribution in [1.82, 2.24) is 4.57 Å². The minimum atomic E-state index is -0.136. The van der Waals surface area contributed by atoms with Crippen LogP contribution in [0.15, 0.2) is 47.4 Å². The lowest BCUT2D eigenvalue weighted by molar-refractivity contribution is -0.116. The Kier molecular flexibility index (Phi) is 5.00. The molecule has 0 spiro atoms. The van der Waals surface area contributed by atoms with Crippen molar-refractivity contribution in [2.75, 3.05) is 11.1 Å². The molecule has 1 heterocycles. The number of pyridine rings is 1. The van der Waals surface area contributed by atoms with Gasteiger partial charge in [0, 0.05) is 25.2 Å². The zero-order valence-corrected chi connectivity index (χ0v) is 12.1. The summed E-state index contributed by atoms with van der Waals surface area (Å²) in [7, 11) is 0. The lowest BCUT2D eigenvalue weighted by atomic mass is 10.2. The van der Waals surface area contributed by atoms with E-state index >= 15 is 0 Å². The molecule has 0 atom stereocenters. The van der Waals surface area contributed by atoms with Crippen LogP contribution in [0.25, 0.3) is 0 Å². The third-order valence-corrected chi connectivity index (χ3v) is 3.21. The monoisotopic (exact) mass is 305 g/mol. The molecule has 0 bridgehead atoms.